The lowest BCUT2D eigenvalue weighted by Crippen LogP contribution is -2.43. The van der Waals surface area contributed by atoms with Crippen molar-refractivity contribution in [3.05, 3.63) is 101 Å². The molecule has 2 aliphatic rings. The van der Waals surface area contributed by atoms with Gasteiger partial charge in [-0.25, -0.2) is 4.99 Å². The van der Waals surface area contributed by atoms with Gasteiger partial charge in [0.15, 0.2) is 5.17 Å². The van der Waals surface area contributed by atoms with Gasteiger partial charge in [-0.05, 0) is 85.8 Å². The number of carbonyl (C=O) groups is 2. The van der Waals surface area contributed by atoms with Crippen molar-refractivity contribution in [1.29, 1.82) is 0 Å². The number of methoxy groups -OCH3 is 1. The minimum absolute atomic E-state index is 0.154. The summed E-state index contributed by atoms with van der Waals surface area (Å²) in [6, 6.07) is 22.7. The molecule has 3 aromatic rings. The van der Waals surface area contributed by atoms with Gasteiger partial charge in [0.05, 0.1) is 24.4 Å². The van der Waals surface area contributed by atoms with Gasteiger partial charge < -0.3 is 20.3 Å². The highest BCUT2D eigenvalue weighted by Gasteiger charge is 2.37. The Morgan fingerprint density at radius 2 is 1.72 bits per heavy atom. The van der Waals surface area contributed by atoms with Crippen molar-refractivity contribution in [3.8, 4) is 5.75 Å². The molecule has 2 aliphatic heterocycles. The first-order chi connectivity index (χ1) is 21.0. The number of hydrogen-bond acceptors (Lipinski definition) is 6. The number of amidine groups is 1. The molecule has 0 bridgehead atoms. The molecule has 1 saturated heterocycles. The number of amides is 2. The van der Waals surface area contributed by atoms with Crippen LogP contribution in [0.3, 0.4) is 0 Å². The van der Waals surface area contributed by atoms with E-state index in [-0.39, 0.29) is 17.9 Å². The molecule has 0 radical (unpaired) electrons. The molecule has 224 valence electrons. The molecular weight excluding hydrogens is 556 g/mol. The van der Waals surface area contributed by atoms with Crippen LogP contribution in [0.2, 0.25) is 0 Å². The van der Waals surface area contributed by atoms with Crippen molar-refractivity contribution in [2.45, 2.75) is 58.4 Å². The van der Waals surface area contributed by atoms with Crippen LogP contribution in [-0.4, -0.2) is 41.3 Å². The quantitative estimate of drug-likeness (QED) is 0.221. The van der Waals surface area contributed by atoms with Crippen LogP contribution in [0.25, 0.3) is 0 Å². The average Bonchev–Trinajstić information content (AvgIpc) is 3.03. The maximum Gasteiger partial charge on any atom is 0.255 e. The fraction of sp³-hybridized carbons (Fsp3) is 0.343. The first-order valence-corrected chi connectivity index (χ1v) is 16.1. The second-order valence-electron chi connectivity index (χ2n) is 11.0. The zero-order valence-corrected chi connectivity index (χ0v) is 26.0. The lowest BCUT2D eigenvalue weighted by Gasteiger charge is -2.41. The normalized spacial score (nSPS) is 16.3. The van der Waals surface area contributed by atoms with Gasteiger partial charge in [-0.3, -0.25) is 9.59 Å². The van der Waals surface area contributed by atoms with Crippen LogP contribution in [0.5, 0.6) is 5.75 Å². The molecule has 5 rings (SSSR count). The Kier molecular flexibility index (Phi) is 10.2. The first kappa shape index (κ1) is 30.4. The molecule has 1 unspecified atom stereocenters. The monoisotopic (exact) mass is 596 g/mol. The Morgan fingerprint density at radius 1 is 0.953 bits per heavy atom. The van der Waals surface area contributed by atoms with Gasteiger partial charge in [-0.1, -0.05) is 62.2 Å². The Labute approximate surface area is 258 Å². The minimum Gasteiger partial charge on any atom is -0.497 e. The maximum absolute atomic E-state index is 13.8. The van der Waals surface area contributed by atoms with Crippen LogP contribution < -0.4 is 15.4 Å². The smallest absolute Gasteiger partial charge is 0.255 e. The van der Waals surface area contributed by atoms with E-state index >= 15 is 0 Å². The first-order valence-electron chi connectivity index (χ1n) is 15.1. The molecule has 0 spiro atoms. The molecule has 1 atom stereocenters. The number of unbranched alkanes of at least 4 members (excludes halogenated alkanes) is 3. The number of rotatable bonds is 11. The van der Waals surface area contributed by atoms with Crippen LogP contribution in [0, 0.1) is 0 Å². The van der Waals surface area contributed by atoms with E-state index in [9.17, 15) is 9.59 Å². The number of anilines is 2. The molecule has 8 heteroatoms. The molecule has 43 heavy (non-hydrogen) atoms. The van der Waals surface area contributed by atoms with Gasteiger partial charge in [-0.2, -0.15) is 0 Å². The number of benzene rings is 3. The summed E-state index contributed by atoms with van der Waals surface area (Å²) in [4.78, 5) is 34.0. The van der Waals surface area contributed by atoms with Crippen LogP contribution in [0.4, 0.5) is 11.4 Å². The van der Waals surface area contributed by atoms with E-state index in [1.165, 1.54) is 31.2 Å². The fourth-order valence-electron chi connectivity index (χ4n) is 5.55. The molecule has 7 nitrogen and oxygen atoms in total. The summed E-state index contributed by atoms with van der Waals surface area (Å²) in [5.41, 5.74) is 5.47. The molecule has 0 saturated carbocycles. The van der Waals surface area contributed by atoms with Crippen LogP contribution in [-0.2, 0) is 11.2 Å². The number of thioether (sulfide) groups is 1. The third-order valence-corrected chi connectivity index (χ3v) is 8.92. The summed E-state index contributed by atoms with van der Waals surface area (Å²) in [6.45, 7) is 4.91. The number of ether oxygens (including phenoxy) is 1. The van der Waals surface area contributed by atoms with Crippen molar-refractivity contribution in [2.24, 2.45) is 4.99 Å². The number of aliphatic imine (C=N–C) groups is 1. The molecule has 2 amide bonds. The average molecular weight is 597 g/mol. The zero-order valence-electron chi connectivity index (χ0n) is 25.2. The minimum atomic E-state index is -0.331. The van der Waals surface area contributed by atoms with Crippen molar-refractivity contribution in [3.63, 3.8) is 0 Å². The summed E-state index contributed by atoms with van der Waals surface area (Å²) in [7, 11) is 1.61. The van der Waals surface area contributed by atoms with Crippen LogP contribution in [0.1, 0.15) is 73.5 Å². The molecule has 0 aromatic heterocycles. The SMILES string of the molecule is CCCCCCc1ccc(C(=O)Nc2cccc(C3C(C(=O)Nc4ccc(OC)cc4)=C(C)N=C4SCCCN43)c2)cc1. The van der Waals surface area contributed by atoms with Crippen LogP contribution in [0.15, 0.2) is 89.1 Å². The lowest BCUT2D eigenvalue weighted by atomic mass is 9.93. The third-order valence-electron chi connectivity index (χ3n) is 7.85. The highest BCUT2D eigenvalue weighted by molar-refractivity contribution is 8.13. The van der Waals surface area contributed by atoms with Gasteiger partial charge in [0.2, 0.25) is 0 Å². The zero-order chi connectivity index (χ0) is 30.2. The van der Waals surface area contributed by atoms with Crippen LogP contribution >= 0.6 is 11.8 Å². The summed E-state index contributed by atoms with van der Waals surface area (Å²) in [5, 5.41) is 7.06. The second kappa shape index (κ2) is 14.4. The van der Waals surface area contributed by atoms with Gasteiger partial charge in [0.1, 0.15) is 5.75 Å². The Morgan fingerprint density at radius 3 is 2.47 bits per heavy atom. The highest BCUT2D eigenvalue weighted by atomic mass is 32.2. The van der Waals surface area contributed by atoms with Gasteiger partial charge in [0.25, 0.3) is 11.8 Å². The number of allylic oxidation sites excluding steroid dienone is 1. The number of aryl methyl sites for hydroxylation is 1. The van der Waals surface area contributed by atoms with Crippen molar-refractivity contribution < 1.29 is 14.3 Å². The number of nitrogens with zero attached hydrogens (tertiary/aromatic N) is 2. The predicted molar refractivity (Wildman–Crippen MR) is 177 cm³/mol. The Hall–Kier alpha value is -4.04. The highest BCUT2D eigenvalue weighted by Crippen LogP contribution is 2.40. The van der Waals surface area contributed by atoms with E-state index in [0.717, 1.165) is 41.6 Å². The Bertz CT molecular complexity index is 1500. The molecule has 2 N–H and O–H groups in total. The van der Waals surface area contributed by atoms with Gasteiger partial charge >= 0.3 is 0 Å². The number of fused-ring (bicyclic) bond motifs is 1. The van der Waals surface area contributed by atoms with Crippen molar-refractivity contribution in [2.75, 3.05) is 30.0 Å². The molecule has 2 heterocycles. The Balaban J connectivity index is 1.36. The van der Waals surface area contributed by atoms with Crippen molar-refractivity contribution >= 4 is 40.1 Å². The van der Waals surface area contributed by atoms with E-state index in [4.69, 9.17) is 9.73 Å². The summed E-state index contributed by atoms with van der Waals surface area (Å²) < 4.78 is 5.26. The number of nitrogens with one attached hydrogen (secondary N) is 2. The summed E-state index contributed by atoms with van der Waals surface area (Å²) in [6.07, 6.45) is 6.92. The molecule has 3 aromatic carbocycles. The standard InChI is InChI=1S/C35H40N4O3S/c1-4-5-6-7-10-25-13-15-26(16-14-25)33(40)38-29-12-8-11-27(23-29)32-31(24(2)36-35-39(32)21-9-22-43-35)34(41)37-28-17-19-30(42-3)20-18-28/h8,11-20,23,32H,4-7,9-10,21-22H2,1-3H3,(H,37,41)(H,38,40). The number of hydrogen-bond donors (Lipinski definition) is 2. The maximum atomic E-state index is 13.8. The van der Waals surface area contributed by atoms with E-state index in [1.54, 1.807) is 18.9 Å². The fourth-order valence-corrected chi connectivity index (χ4v) is 6.57. The van der Waals surface area contributed by atoms with E-state index in [1.807, 2.05) is 67.6 Å². The molecule has 1 fully saturated rings. The number of carbonyl (C=O) groups excluding carboxylic acids is 2. The second-order valence-corrected chi connectivity index (χ2v) is 12.0. The lowest BCUT2D eigenvalue weighted by molar-refractivity contribution is -0.113. The molecule has 0 aliphatic carbocycles. The van der Waals surface area contributed by atoms with E-state index in [2.05, 4.69) is 34.6 Å². The summed E-state index contributed by atoms with van der Waals surface area (Å²) in [5.74, 6) is 1.37. The topological polar surface area (TPSA) is 83.0 Å². The largest absolute Gasteiger partial charge is 0.497 e. The van der Waals surface area contributed by atoms with Gasteiger partial charge in [0, 0.05) is 29.2 Å². The molecular formula is C35H40N4O3S. The predicted octanol–water partition coefficient (Wildman–Crippen LogP) is 7.83. The van der Waals surface area contributed by atoms with E-state index in [0.29, 0.717) is 28.2 Å². The van der Waals surface area contributed by atoms with Crippen molar-refractivity contribution in [1.82, 2.24) is 4.90 Å². The van der Waals surface area contributed by atoms with Gasteiger partial charge in [-0.15, -0.1) is 0 Å². The summed E-state index contributed by atoms with van der Waals surface area (Å²) >= 11 is 1.72. The van der Waals surface area contributed by atoms with E-state index < -0.39 is 0 Å². The third kappa shape index (κ3) is 7.49.